The van der Waals surface area contributed by atoms with Gasteiger partial charge in [-0.1, -0.05) is 223 Å². The number of para-hydroxylation sites is 8. The number of fused-ring (bicyclic) bond motifs is 18. The van der Waals surface area contributed by atoms with Crippen molar-refractivity contribution in [1.29, 1.82) is 0 Å². The van der Waals surface area contributed by atoms with Crippen molar-refractivity contribution in [3.05, 3.63) is 313 Å². The van der Waals surface area contributed by atoms with Crippen molar-refractivity contribution in [2.24, 2.45) is 35.2 Å². The molecule has 0 atom stereocenters. The van der Waals surface area contributed by atoms with Crippen LogP contribution in [0.2, 0.25) is 0 Å². The molecule has 94 heavy (non-hydrogen) atoms. The van der Waals surface area contributed by atoms with Gasteiger partial charge in [-0.15, -0.1) is 0 Å². The molecule has 0 bridgehead atoms. The van der Waals surface area contributed by atoms with Crippen molar-refractivity contribution >= 4 is 131 Å². The van der Waals surface area contributed by atoms with Crippen molar-refractivity contribution in [1.82, 2.24) is 22.8 Å². The van der Waals surface area contributed by atoms with Crippen LogP contribution in [0.25, 0.3) is 142 Å². The van der Waals surface area contributed by atoms with E-state index in [1.165, 1.54) is 159 Å². The zero-order valence-corrected chi connectivity index (χ0v) is 55.3. The molecule has 0 saturated carbocycles. The van der Waals surface area contributed by atoms with E-state index in [0.29, 0.717) is 0 Å². The van der Waals surface area contributed by atoms with E-state index in [1.807, 2.05) is 18.2 Å². The van der Waals surface area contributed by atoms with Crippen molar-refractivity contribution in [3.8, 4) is 11.1 Å². The third kappa shape index (κ3) is 11.0. The van der Waals surface area contributed by atoms with Crippen LogP contribution in [0.5, 0.6) is 0 Å². The first-order valence-electron chi connectivity index (χ1n) is 32.5. The molecule has 6 aromatic heterocycles. The van der Waals surface area contributed by atoms with E-state index in [2.05, 4.69) is 360 Å². The molecule has 0 saturated heterocycles. The third-order valence-electron chi connectivity index (χ3n) is 19.0. The van der Waals surface area contributed by atoms with Gasteiger partial charge in [0.05, 0.1) is 5.52 Å². The smallest absolute Gasteiger partial charge is 0.136 e. The predicted octanol–water partition coefficient (Wildman–Crippen LogP) is 23.5. The Balaban J connectivity index is 0.0000000978. The Bertz CT molecular complexity index is 5910. The maximum absolute atomic E-state index is 5.94. The van der Waals surface area contributed by atoms with Crippen LogP contribution in [0.4, 0.5) is 0 Å². The molecule has 0 N–H and O–H groups in total. The highest BCUT2D eigenvalue weighted by atomic mass is 16.3. The molecule has 460 valence electrons. The van der Waals surface area contributed by atoms with Crippen LogP contribution >= 0.6 is 0 Å². The summed E-state index contributed by atoms with van der Waals surface area (Å²) in [6.45, 7) is 10.7. The maximum atomic E-state index is 5.94. The van der Waals surface area contributed by atoms with E-state index in [0.717, 1.165) is 11.2 Å². The number of benzene rings is 13. The second-order valence-corrected chi connectivity index (χ2v) is 25.0. The van der Waals surface area contributed by atoms with Gasteiger partial charge in [0.15, 0.2) is 0 Å². The van der Waals surface area contributed by atoms with Gasteiger partial charge < -0.3 is 27.3 Å². The largest absolute Gasteiger partial charge is 0.456 e. The first-order chi connectivity index (χ1) is 45.8. The van der Waals surface area contributed by atoms with Crippen molar-refractivity contribution in [3.63, 3.8) is 0 Å². The average Bonchev–Trinajstić information content (AvgIpc) is 1.67. The fourth-order valence-electron chi connectivity index (χ4n) is 14.2. The molecular weight excluding hydrogens is 1140 g/mol. The molecule has 0 aliphatic heterocycles. The van der Waals surface area contributed by atoms with Crippen LogP contribution < -0.4 is 0 Å². The number of aromatic nitrogens is 5. The summed E-state index contributed by atoms with van der Waals surface area (Å²) in [7, 11) is 10.6. The minimum atomic E-state index is 0.946. The van der Waals surface area contributed by atoms with E-state index >= 15 is 0 Å². The van der Waals surface area contributed by atoms with E-state index in [1.54, 1.807) is 0 Å². The first-order valence-corrected chi connectivity index (χ1v) is 32.5. The van der Waals surface area contributed by atoms with Gasteiger partial charge in [-0.05, 0) is 135 Å². The quantitative estimate of drug-likeness (QED) is 0.161. The van der Waals surface area contributed by atoms with Crippen molar-refractivity contribution in [2.45, 2.75) is 34.6 Å². The Hall–Kier alpha value is -11.3. The van der Waals surface area contributed by atoms with Crippen LogP contribution in [-0.2, 0) is 35.2 Å². The zero-order chi connectivity index (χ0) is 64.7. The zero-order valence-electron chi connectivity index (χ0n) is 55.3. The lowest BCUT2D eigenvalue weighted by Crippen LogP contribution is -1.88. The number of hydrogen-bond donors (Lipinski definition) is 0. The number of furan rings is 1. The maximum Gasteiger partial charge on any atom is 0.136 e. The Morgan fingerprint density at radius 3 is 1.19 bits per heavy atom. The molecule has 19 aromatic rings. The SMILES string of the molecule is Cc1ccc(-c2cccc3oc4ccccc4c23)cc1.Cc1ccc2c(c1)c1ccccc1n2C.Cc1ccc2c3ccccc3n(C)c2c1.Cc1cccc2c1c1ccccc1n2C.Cc1cccc2c3ccccc3n(C)c12.Cn1c2ccccc2c2ccccc21. The Morgan fingerprint density at radius 2 is 0.596 bits per heavy atom. The molecule has 0 fully saturated rings. The highest BCUT2D eigenvalue weighted by Crippen LogP contribution is 2.38. The minimum absolute atomic E-state index is 0.946. The first kappa shape index (κ1) is 60.2. The summed E-state index contributed by atoms with van der Waals surface area (Å²) in [4.78, 5) is 0. The minimum Gasteiger partial charge on any atom is -0.456 e. The Kier molecular flexibility index (Phi) is 16.3. The van der Waals surface area contributed by atoms with Crippen molar-refractivity contribution < 1.29 is 4.42 Å². The lowest BCUT2D eigenvalue weighted by molar-refractivity contribution is 0.669. The molecule has 13 aromatic carbocycles. The molecule has 0 aliphatic carbocycles. The third-order valence-corrected chi connectivity index (χ3v) is 19.0. The van der Waals surface area contributed by atoms with E-state index < -0.39 is 0 Å². The van der Waals surface area contributed by atoms with E-state index in [4.69, 9.17) is 4.42 Å². The summed E-state index contributed by atoms with van der Waals surface area (Å²) in [6, 6.07) is 101. The van der Waals surface area contributed by atoms with E-state index in [9.17, 15) is 0 Å². The topological polar surface area (TPSA) is 37.8 Å². The molecule has 19 rings (SSSR count). The lowest BCUT2D eigenvalue weighted by Gasteiger charge is -2.04. The van der Waals surface area contributed by atoms with Crippen LogP contribution in [0.3, 0.4) is 0 Å². The molecule has 0 amide bonds. The number of hydrogen-bond acceptors (Lipinski definition) is 1. The average molecular weight is 1220 g/mol. The van der Waals surface area contributed by atoms with Crippen LogP contribution in [0, 0.1) is 34.6 Å². The predicted molar refractivity (Wildman–Crippen MR) is 405 cm³/mol. The summed E-state index contributed by atoms with van der Waals surface area (Å²) in [5.41, 5.74) is 24.1. The van der Waals surface area contributed by atoms with E-state index in [-0.39, 0.29) is 0 Å². The second kappa shape index (κ2) is 25.4. The highest BCUT2D eigenvalue weighted by Gasteiger charge is 2.14. The summed E-state index contributed by atoms with van der Waals surface area (Å²) in [5.74, 6) is 0. The van der Waals surface area contributed by atoms with Gasteiger partial charge in [0.25, 0.3) is 0 Å². The van der Waals surface area contributed by atoms with Gasteiger partial charge in [-0.2, -0.15) is 0 Å². The van der Waals surface area contributed by atoms with Gasteiger partial charge in [0, 0.05) is 150 Å². The van der Waals surface area contributed by atoms with Gasteiger partial charge in [0.2, 0.25) is 0 Å². The lowest BCUT2D eigenvalue weighted by atomic mass is 9.99. The molecule has 0 radical (unpaired) electrons. The van der Waals surface area contributed by atoms with Crippen LogP contribution in [-0.4, -0.2) is 22.8 Å². The standard InChI is InChI=1S/C19H14O.4C14H13N.C13H11N/c1-13-9-11-14(12-10-13)15-6-4-8-18-19(15)16-5-2-3-7-17(16)20-18;1-10-6-5-8-12-11-7-3-4-9-13(11)15(2)14(10)12;1-10-6-5-9-13-14(10)11-7-3-4-8-12(11)15(13)2;1-10-7-8-14-12(9-10)11-5-3-4-6-13(11)15(14)2;1-10-7-8-12-11-5-3-4-6-13(11)15(2)14(12)9-10;1-14-12-8-4-2-6-10(12)11-7-3-5-9-13(11)14/h2-12H,1H3;4*3-9H,1-2H3;2-9H,1H3. The highest BCUT2D eigenvalue weighted by molar-refractivity contribution is 6.14. The second-order valence-electron chi connectivity index (χ2n) is 25.0. The monoisotopic (exact) mass is 1220 g/mol. The molecule has 6 heterocycles. The fraction of sp³-hybridized carbons (Fsp3) is 0.114. The van der Waals surface area contributed by atoms with Crippen LogP contribution in [0.15, 0.2) is 290 Å². The summed E-state index contributed by atoms with van der Waals surface area (Å²) in [5, 5.41) is 15.9. The van der Waals surface area contributed by atoms with Gasteiger partial charge >= 0.3 is 0 Å². The molecule has 0 aliphatic rings. The molecule has 0 spiro atoms. The molecule has 6 nitrogen and oxygen atoms in total. The fourth-order valence-corrected chi connectivity index (χ4v) is 14.2. The van der Waals surface area contributed by atoms with Crippen LogP contribution in [0.1, 0.15) is 27.8 Å². The molecule has 6 heteroatoms. The molecular formula is C88H77N5O. The number of rotatable bonds is 1. The van der Waals surface area contributed by atoms with Gasteiger partial charge in [-0.3, -0.25) is 0 Å². The summed E-state index contributed by atoms with van der Waals surface area (Å²) >= 11 is 0. The number of aryl methyl sites for hydroxylation is 10. The summed E-state index contributed by atoms with van der Waals surface area (Å²) in [6.07, 6.45) is 0. The summed E-state index contributed by atoms with van der Waals surface area (Å²) < 4.78 is 17.2. The molecule has 0 unspecified atom stereocenters. The Labute approximate surface area is 549 Å². The normalized spacial score (nSPS) is 11.3. The van der Waals surface area contributed by atoms with Crippen molar-refractivity contribution in [2.75, 3.05) is 0 Å². The Morgan fingerprint density at radius 1 is 0.223 bits per heavy atom. The van der Waals surface area contributed by atoms with Gasteiger partial charge in [-0.25, -0.2) is 0 Å². The number of nitrogens with zero attached hydrogens (tertiary/aromatic N) is 5. The van der Waals surface area contributed by atoms with Gasteiger partial charge in [0.1, 0.15) is 11.2 Å².